The number of hydrogen-bond donors (Lipinski definition) is 1. The molecule has 2 rings (SSSR count). The van der Waals surface area contributed by atoms with Gasteiger partial charge in [0.1, 0.15) is 11.5 Å². The van der Waals surface area contributed by atoms with Crippen molar-refractivity contribution in [3.63, 3.8) is 0 Å². The maximum atomic E-state index is 13.6. The molecule has 0 atom stereocenters. The lowest BCUT2D eigenvalue weighted by atomic mass is 10.2. The van der Waals surface area contributed by atoms with Crippen LogP contribution in [-0.2, 0) is 11.3 Å². The van der Waals surface area contributed by atoms with E-state index in [1.54, 1.807) is 31.2 Å². The fourth-order valence-corrected chi connectivity index (χ4v) is 1.84. The first kappa shape index (κ1) is 14.8. The minimum absolute atomic E-state index is 0.0872. The van der Waals surface area contributed by atoms with Crippen LogP contribution in [0.25, 0.3) is 0 Å². The molecule has 0 radical (unpaired) electrons. The molecule has 1 amide bonds. The van der Waals surface area contributed by atoms with Crippen LogP contribution in [0.4, 0.5) is 14.9 Å². The highest BCUT2D eigenvalue weighted by molar-refractivity contribution is 5.84. The molecule has 0 aliphatic carbocycles. The lowest BCUT2D eigenvalue weighted by molar-refractivity contribution is 0.168. The Morgan fingerprint density at radius 3 is 2.76 bits per heavy atom. The number of amides is 1. The smallest absolute Gasteiger partial charge is 0.411 e. The molecule has 1 aromatic heterocycles. The van der Waals surface area contributed by atoms with Gasteiger partial charge in [-0.3, -0.25) is 10.1 Å². The predicted molar refractivity (Wildman–Crippen MR) is 76.8 cm³/mol. The summed E-state index contributed by atoms with van der Waals surface area (Å²) < 4.78 is 19.7. The van der Waals surface area contributed by atoms with Crippen LogP contribution in [0.3, 0.4) is 0 Å². The lowest BCUT2D eigenvalue weighted by Gasteiger charge is -2.09. The van der Waals surface area contributed by atoms with Crippen molar-refractivity contribution in [1.82, 2.24) is 4.57 Å². The van der Waals surface area contributed by atoms with Crippen LogP contribution in [0.2, 0.25) is 0 Å². The number of halogens is 1. The highest BCUT2D eigenvalue weighted by Gasteiger charge is 2.09. The summed E-state index contributed by atoms with van der Waals surface area (Å²) in [4.78, 5) is 23.5. The zero-order valence-electron chi connectivity index (χ0n) is 11.5. The second-order valence-corrected chi connectivity index (χ2v) is 4.29. The number of aromatic nitrogens is 1. The van der Waals surface area contributed by atoms with Gasteiger partial charge in [-0.15, -0.1) is 0 Å². The van der Waals surface area contributed by atoms with Crippen molar-refractivity contribution in [3.05, 3.63) is 64.3 Å². The second kappa shape index (κ2) is 6.69. The molecule has 110 valence electrons. The predicted octanol–water partition coefficient (Wildman–Crippen LogP) is 2.60. The number of rotatable bonds is 4. The van der Waals surface area contributed by atoms with Crippen LogP contribution in [0.1, 0.15) is 12.5 Å². The van der Waals surface area contributed by atoms with E-state index in [0.717, 1.165) is 0 Å². The number of ether oxygens (including phenoxy) is 1. The summed E-state index contributed by atoms with van der Waals surface area (Å²) >= 11 is 0. The van der Waals surface area contributed by atoms with Crippen molar-refractivity contribution < 1.29 is 13.9 Å². The molecule has 2 aromatic rings. The SMILES string of the molecule is CCOC(=O)Nc1cccn(Cc2ccccc2F)c1=O. The fourth-order valence-electron chi connectivity index (χ4n) is 1.84. The Kier molecular flexibility index (Phi) is 4.71. The van der Waals surface area contributed by atoms with E-state index < -0.39 is 11.7 Å². The van der Waals surface area contributed by atoms with Crippen LogP contribution < -0.4 is 10.9 Å². The molecular weight excluding hydrogens is 275 g/mol. The molecule has 5 nitrogen and oxygen atoms in total. The van der Waals surface area contributed by atoms with Gasteiger partial charge in [0.05, 0.1) is 13.2 Å². The molecule has 0 saturated heterocycles. The average Bonchev–Trinajstić information content (AvgIpc) is 2.46. The summed E-state index contributed by atoms with van der Waals surface area (Å²) in [5, 5.41) is 2.36. The summed E-state index contributed by atoms with van der Waals surface area (Å²) in [6, 6.07) is 9.29. The maximum Gasteiger partial charge on any atom is 0.411 e. The van der Waals surface area contributed by atoms with Crippen LogP contribution >= 0.6 is 0 Å². The Balaban J connectivity index is 2.24. The molecule has 0 saturated carbocycles. The van der Waals surface area contributed by atoms with Crippen LogP contribution in [-0.4, -0.2) is 17.3 Å². The number of nitrogens with zero attached hydrogens (tertiary/aromatic N) is 1. The molecule has 0 unspecified atom stereocenters. The molecule has 6 heteroatoms. The number of nitrogens with one attached hydrogen (secondary N) is 1. The van der Waals surface area contributed by atoms with Gasteiger partial charge < -0.3 is 9.30 Å². The summed E-state index contributed by atoms with van der Waals surface area (Å²) in [6.07, 6.45) is 0.837. The Hall–Kier alpha value is -2.63. The number of carbonyl (C=O) groups excluding carboxylic acids is 1. The first-order valence-electron chi connectivity index (χ1n) is 6.48. The van der Waals surface area contributed by atoms with E-state index >= 15 is 0 Å². The van der Waals surface area contributed by atoms with Gasteiger partial charge in [0, 0.05) is 11.8 Å². The molecule has 1 heterocycles. The third-order valence-corrected chi connectivity index (χ3v) is 2.83. The molecule has 0 aliphatic heterocycles. The highest BCUT2D eigenvalue weighted by atomic mass is 19.1. The van der Waals surface area contributed by atoms with Crippen molar-refractivity contribution in [2.24, 2.45) is 0 Å². The van der Waals surface area contributed by atoms with E-state index in [1.165, 1.54) is 22.9 Å². The third-order valence-electron chi connectivity index (χ3n) is 2.83. The minimum Gasteiger partial charge on any atom is -0.450 e. The standard InChI is InChI=1S/C15H15FN2O3/c1-2-21-15(20)17-13-8-5-9-18(14(13)19)10-11-6-3-4-7-12(11)16/h3-9H,2,10H2,1H3,(H,17,20). The van der Waals surface area contributed by atoms with E-state index in [2.05, 4.69) is 5.32 Å². The van der Waals surface area contributed by atoms with Gasteiger partial charge in [-0.2, -0.15) is 0 Å². The monoisotopic (exact) mass is 290 g/mol. The maximum absolute atomic E-state index is 13.6. The van der Waals surface area contributed by atoms with E-state index in [1.807, 2.05) is 0 Å². The fraction of sp³-hybridized carbons (Fsp3) is 0.200. The van der Waals surface area contributed by atoms with E-state index in [9.17, 15) is 14.0 Å². The molecule has 21 heavy (non-hydrogen) atoms. The number of anilines is 1. The van der Waals surface area contributed by atoms with Crippen LogP contribution in [0.15, 0.2) is 47.4 Å². The van der Waals surface area contributed by atoms with Crippen LogP contribution in [0, 0.1) is 5.82 Å². The first-order valence-corrected chi connectivity index (χ1v) is 6.48. The topological polar surface area (TPSA) is 60.3 Å². The molecule has 1 aromatic carbocycles. The summed E-state index contributed by atoms with van der Waals surface area (Å²) in [5.74, 6) is -0.381. The van der Waals surface area contributed by atoms with E-state index in [0.29, 0.717) is 5.56 Å². The molecule has 1 N–H and O–H groups in total. The summed E-state index contributed by atoms with van der Waals surface area (Å²) in [5.41, 5.74) is 0.0639. The number of benzene rings is 1. The molecule has 0 aliphatic rings. The third kappa shape index (κ3) is 3.68. The van der Waals surface area contributed by atoms with Gasteiger partial charge in [0.15, 0.2) is 0 Å². The van der Waals surface area contributed by atoms with Gasteiger partial charge in [0.25, 0.3) is 5.56 Å². The Bertz CT molecular complexity index is 697. The Morgan fingerprint density at radius 2 is 2.05 bits per heavy atom. The summed E-state index contributed by atoms with van der Waals surface area (Å²) in [7, 11) is 0. The van der Waals surface area contributed by atoms with Crippen molar-refractivity contribution in [2.75, 3.05) is 11.9 Å². The van der Waals surface area contributed by atoms with Gasteiger partial charge in [-0.1, -0.05) is 18.2 Å². The molecular formula is C15H15FN2O3. The van der Waals surface area contributed by atoms with E-state index in [-0.39, 0.29) is 24.7 Å². The van der Waals surface area contributed by atoms with Gasteiger partial charge in [-0.05, 0) is 25.1 Å². The van der Waals surface area contributed by atoms with Crippen molar-refractivity contribution >= 4 is 11.8 Å². The van der Waals surface area contributed by atoms with Crippen molar-refractivity contribution in [1.29, 1.82) is 0 Å². The minimum atomic E-state index is -0.696. The zero-order valence-corrected chi connectivity index (χ0v) is 11.5. The molecule has 0 fully saturated rings. The number of hydrogen-bond acceptors (Lipinski definition) is 3. The Morgan fingerprint density at radius 1 is 1.29 bits per heavy atom. The van der Waals surface area contributed by atoms with Crippen molar-refractivity contribution in [2.45, 2.75) is 13.5 Å². The molecule has 0 spiro atoms. The lowest BCUT2D eigenvalue weighted by Crippen LogP contribution is -2.26. The van der Waals surface area contributed by atoms with Gasteiger partial charge in [0.2, 0.25) is 0 Å². The normalized spacial score (nSPS) is 10.2. The largest absolute Gasteiger partial charge is 0.450 e. The Labute approximate surface area is 121 Å². The van der Waals surface area contributed by atoms with Gasteiger partial charge in [-0.25, -0.2) is 9.18 Å². The van der Waals surface area contributed by atoms with Crippen LogP contribution in [0.5, 0.6) is 0 Å². The highest BCUT2D eigenvalue weighted by Crippen LogP contribution is 2.08. The number of pyridine rings is 1. The van der Waals surface area contributed by atoms with Crippen molar-refractivity contribution in [3.8, 4) is 0 Å². The van der Waals surface area contributed by atoms with Gasteiger partial charge >= 0.3 is 6.09 Å². The number of carbonyl (C=O) groups is 1. The molecule has 0 bridgehead atoms. The summed E-state index contributed by atoms with van der Waals surface area (Å²) in [6.45, 7) is 1.97. The van der Waals surface area contributed by atoms with E-state index in [4.69, 9.17) is 4.74 Å². The second-order valence-electron chi connectivity index (χ2n) is 4.29. The zero-order chi connectivity index (χ0) is 15.2. The average molecular weight is 290 g/mol. The quantitative estimate of drug-likeness (QED) is 0.941. The first-order chi connectivity index (χ1) is 10.1.